The summed E-state index contributed by atoms with van der Waals surface area (Å²) >= 11 is 1.31. The SMILES string of the molecule is Cc1nc(SCc2cccc(C#N)c2F)oc1C. The van der Waals surface area contributed by atoms with Crippen molar-refractivity contribution in [3.63, 3.8) is 0 Å². The standard InChI is InChI=1S/C13H11FN2OS/c1-8-9(2)17-13(16-8)18-7-11-5-3-4-10(6-15)12(11)14/h3-5H,7H2,1-2H3. The van der Waals surface area contributed by atoms with E-state index >= 15 is 0 Å². The summed E-state index contributed by atoms with van der Waals surface area (Å²) in [5, 5.41) is 9.26. The van der Waals surface area contributed by atoms with Crippen LogP contribution in [0.2, 0.25) is 0 Å². The van der Waals surface area contributed by atoms with Crippen LogP contribution in [-0.2, 0) is 5.75 Å². The highest BCUT2D eigenvalue weighted by atomic mass is 32.2. The van der Waals surface area contributed by atoms with Gasteiger partial charge in [0, 0.05) is 5.75 Å². The normalized spacial score (nSPS) is 10.3. The molecule has 0 saturated heterocycles. The molecule has 5 heteroatoms. The van der Waals surface area contributed by atoms with Gasteiger partial charge in [-0.05, 0) is 25.5 Å². The molecule has 0 bridgehead atoms. The van der Waals surface area contributed by atoms with Crippen LogP contribution >= 0.6 is 11.8 Å². The van der Waals surface area contributed by atoms with Crippen LogP contribution < -0.4 is 0 Å². The Hall–Kier alpha value is -1.80. The molecule has 0 unspecified atom stereocenters. The molecule has 3 nitrogen and oxygen atoms in total. The first-order chi connectivity index (χ1) is 8.61. The predicted octanol–water partition coefficient (Wildman–Crippen LogP) is 3.59. The number of nitriles is 1. The molecule has 0 N–H and O–H groups in total. The summed E-state index contributed by atoms with van der Waals surface area (Å²) < 4.78 is 19.2. The third-order valence-corrected chi connectivity index (χ3v) is 3.44. The van der Waals surface area contributed by atoms with Gasteiger partial charge >= 0.3 is 0 Å². The lowest BCUT2D eigenvalue weighted by Gasteiger charge is -2.01. The van der Waals surface area contributed by atoms with Gasteiger partial charge in [0.2, 0.25) is 0 Å². The smallest absolute Gasteiger partial charge is 0.256 e. The zero-order valence-corrected chi connectivity index (χ0v) is 10.8. The van der Waals surface area contributed by atoms with Gasteiger partial charge in [0.05, 0.1) is 11.3 Å². The van der Waals surface area contributed by atoms with Crippen molar-refractivity contribution in [3.8, 4) is 6.07 Å². The van der Waals surface area contributed by atoms with Gasteiger partial charge in [0.25, 0.3) is 5.22 Å². The highest BCUT2D eigenvalue weighted by Crippen LogP contribution is 2.25. The summed E-state index contributed by atoms with van der Waals surface area (Å²) in [6, 6.07) is 6.61. The minimum atomic E-state index is -0.465. The lowest BCUT2D eigenvalue weighted by atomic mass is 10.1. The van der Waals surface area contributed by atoms with E-state index < -0.39 is 5.82 Å². The molecule has 1 heterocycles. The van der Waals surface area contributed by atoms with Crippen molar-refractivity contribution in [2.75, 3.05) is 0 Å². The molecule has 18 heavy (non-hydrogen) atoms. The van der Waals surface area contributed by atoms with Gasteiger partial charge in [-0.25, -0.2) is 9.37 Å². The van der Waals surface area contributed by atoms with Gasteiger partial charge < -0.3 is 4.42 Å². The number of hydrogen-bond donors (Lipinski definition) is 0. The number of aromatic nitrogens is 1. The van der Waals surface area contributed by atoms with Crippen LogP contribution in [0.25, 0.3) is 0 Å². The molecule has 0 aliphatic heterocycles. The van der Waals surface area contributed by atoms with E-state index in [9.17, 15) is 4.39 Å². The van der Waals surface area contributed by atoms with E-state index in [2.05, 4.69) is 4.98 Å². The summed E-state index contributed by atoms with van der Waals surface area (Å²) in [7, 11) is 0. The Morgan fingerprint density at radius 1 is 1.44 bits per heavy atom. The van der Waals surface area contributed by atoms with E-state index in [1.807, 2.05) is 19.9 Å². The third kappa shape index (κ3) is 2.54. The second-order valence-electron chi connectivity index (χ2n) is 3.80. The predicted molar refractivity (Wildman–Crippen MR) is 66.7 cm³/mol. The molecule has 1 aromatic carbocycles. The minimum absolute atomic E-state index is 0.0628. The highest BCUT2D eigenvalue weighted by Gasteiger charge is 2.10. The number of aryl methyl sites for hydroxylation is 2. The highest BCUT2D eigenvalue weighted by molar-refractivity contribution is 7.98. The monoisotopic (exact) mass is 262 g/mol. The molecule has 0 amide bonds. The molecule has 0 aliphatic carbocycles. The molecule has 0 atom stereocenters. The fraction of sp³-hybridized carbons (Fsp3) is 0.231. The van der Waals surface area contributed by atoms with E-state index in [0.717, 1.165) is 11.5 Å². The van der Waals surface area contributed by atoms with Gasteiger partial charge in [-0.3, -0.25) is 0 Å². The number of oxazole rings is 1. The Kier molecular flexibility index (Phi) is 3.68. The maximum atomic E-state index is 13.8. The largest absolute Gasteiger partial charge is 0.437 e. The molecule has 0 spiro atoms. The Morgan fingerprint density at radius 3 is 2.83 bits per heavy atom. The maximum absolute atomic E-state index is 13.8. The second-order valence-corrected chi connectivity index (χ2v) is 4.73. The second kappa shape index (κ2) is 5.23. The van der Waals surface area contributed by atoms with Crippen molar-refractivity contribution in [3.05, 3.63) is 46.6 Å². The number of benzene rings is 1. The first kappa shape index (κ1) is 12.7. The van der Waals surface area contributed by atoms with Crippen LogP contribution in [0.5, 0.6) is 0 Å². The van der Waals surface area contributed by atoms with Crippen molar-refractivity contribution in [2.45, 2.75) is 24.8 Å². The van der Waals surface area contributed by atoms with E-state index in [0.29, 0.717) is 16.5 Å². The van der Waals surface area contributed by atoms with Crippen LogP contribution in [0.1, 0.15) is 22.6 Å². The molecule has 0 fully saturated rings. The van der Waals surface area contributed by atoms with Crippen LogP contribution in [0, 0.1) is 31.0 Å². The Bertz CT molecular complexity index is 596. The van der Waals surface area contributed by atoms with Crippen molar-refractivity contribution in [1.29, 1.82) is 5.26 Å². The zero-order chi connectivity index (χ0) is 13.1. The first-order valence-corrected chi connectivity index (χ1v) is 6.34. The number of halogens is 1. The van der Waals surface area contributed by atoms with Crippen LogP contribution in [0.15, 0.2) is 27.8 Å². The average Bonchev–Trinajstić information content (AvgIpc) is 2.67. The molecule has 92 valence electrons. The molecule has 0 aliphatic rings. The maximum Gasteiger partial charge on any atom is 0.256 e. The van der Waals surface area contributed by atoms with E-state index in [4.69, 9.17) is 9.68 Å². The molecular formula is C13H11FN2OS. The molecule has 2 aromatic rings. The average molecular weight is 262 g/mol. The summed E-state index contributed by atoms with van der Waals surface area (Å²) in [6.07, 6.45) is 0. The lowest BCUT2D eigenvalue weighted by Crippen LogP contribution is -1.91. The van der Waals surface area contributed by atoms with Gasteiger partial charge in [-0.15, -0.1) is 0 Å². The molecule has 1 aromatic heterocycles. The zero-order valence-electron chi connectivity index (χ0n) is 10.0. The lowest BCUT2D eigenvalue weighted by molar-refractivity contribution is 0.431. The third-order valence-electron chi connectivity index (χ3n) is 2.56. The Morgan fingerprint density at radius 2 is 2.22 bits per heavy atom. The fourth-order valence-electron chi connectivity index (χ4n) is 1.42. The minimum Gasteiger partial charge on any atom is -0.437 e. The molecule has 0 radical (unpaired) electrons. The summed E-state index contributed by atoms with van der Waals surface area (Å²) in [4.78, 5) is 4.21. The summed E-state index contributed by atoms with van der Waals surface area (Å²) in [5.74, 6) is 0.692. The number of thioether (sulfide) groups is 1. The quantitative estimate of drug-likeness (QED) is 0.793. The number of rotatable bonds is 3. The molecular weight excluding hydrogens is 251 g/mol. The molecule has 2 rings (SSSR count). The number of hydrogen-bond acceptors (Lipinski definition) is 4. The van der Waals surface area contributed by atoms with Crippen molar-refractivity contribution in [1.82, 2.24) is 4.98 Å². The van der Waals surface area contributed by atoms with Gasteiger partial charge in [0.1, 0.15) is 17.6 Å². The van der Waals surface area contributed by atoms with Gasteiger partial charge in [-0.2, -0.15) is 5.26 Å². The van der Waals surface area contributed by atoms with Crippen LogP contribution in [0.3, 0.4) is 0 Å². The fourth-order valence-corrected chi connectivity index (χ4v) is 2.31. The van der Waals surface area contributed by atoms with E-state index in [1.54, 1.807) is 12.1 Å². The van der Waals surface area contributed by atoms with Crippen LogP contribution in [0.4, 0.5) is 4.39 Å². The topological polar surface area (TPSA) is 49.8 Å². The first-order valence-electron chi connectivity index (χ1n) is 5.36. The van der Waals surface area contributed by atoms with E-state index in [-0.39, 0.29) is 5.56 Å². The van der Waals surface area contributed by atoms with E-state index in [1.165, 1.54) is 17.8 Å². The van der Waals surface area contributed by atoms with Gasteiger partial charge in [0.15, 0.2) is 0 Å². The van der Waals surface area contributed by atoms with Gasteiger partial charge in [-0.1, -0.05) is 23.9 Å². The molecule has 0 saturated carbocycles. The number of nitrogens with zero attached hydrogens (tertiary/aromatic N) is 2. The summed E-state index contributed by atoms with van der Waals surface area (Å²) in [5.41, 5.74) is 1.38. The van der Waals surface area contributed by atoms with Crippen LogP contribution in [-0.4, -0.2) is 4.98 Å². The Balaban J connectivity index is 2.14. The van der Waals surface area contributed by atoms with Crippen molar-refractivity contribution in [2.24, 2.45) is 0 Å². The van der Waals surface area contributed by atoms with Crippen molar-refractivity contribution >= 4 is 11.8 Å². The van der Waals surface area contributed by atoms with Crippen molar-refractivity contribution < 1.29 is 8.81 Å². The summed E-state index contributed by atoms with van der Waals surface area (Å²) in [6.45, 7) is 3.70. The Labute approximate surface area is 109 Å².